The number of carboxylic acids is 1. The van der Waals surface area contributed by atoms with Gasteiger partial charge < -0.3 is 10.8 Å². The topological polar surface area (TPSA) is 76.2 Å². The zero-order chi connectivity index (χ0) is 11.8. The summed E-state index contributed by atoms with van der Waals surface area (Å²) in [5, 5.41) is 9.49. The number of aromatic nitrogens is 1. The Hall–Kier alpha value is -1.11. The highest BCUT2D eigenvalue weighted by molar-refractivity contribution is 7.80. The Labute approximate surface area is 102 Å². The highest BCUT2D eigenvalue weighted by Crippen LogP contribution is 2.29. The molecule has 0 aliphatic rings. The molecule has 0 saturated carbocycles. The highest BCUT2D eigenvalue weighted by Gasteiger charge is 2.38. The van der Waals surface area contributed by atoms with E-state index in [-0.39, 0.29) is 5.75 Å². The van der Waals surface area contributed by atoms with Crippen molar-refractivity contribution in [3.8, 4) is 0 Å². The van der Waals surface area contributed by atoms with Crippen LogP contribution in [0.4, 0.5) is 0 Å². The Morgan fingerprint density at radius 1 is 1.56 bits per heavy atom. The standard InChI is InChI=1S/C10H10N2O2S2/c11-10(5-15,9(13)14)8-12-6-3-1-2-4-7(6)16-8/h1-4,15H,5,11H2,(H,13,14). The summed E-state index contributed by atoms with van der Waals surface area (Å²) in [6, 6.07) is 7.45. The van der Waals surface area contributed by atoms with Crippen LogP contribution in [0.15, 0.2) is 24.3 Å². The highest BCUT2D eigenvalue weighted by atomic mass is 32.1. The molecular weight excluding hydrogens is 244 g/mol. The average molecular weight is 254 g/mol. The summed E-state index contributed by atoms with van der Waals surface area (Å²) in [6.45, 7) is 0. The molecule has 16 heavy (non-hydrogen) atoms. The molecule has 2 rings (SSSR count). The number of thiol groups is 1. The molecular formula is C10H10N2O2S2. The summed E-state index contributed by atoms with van der Waals surface area (Å²) in [5.74, 6) is -1.09. The zero-order valence-corrected chi connectivity index (χ0v) is 9.96. The predicted molar refractivity (Wildman–Crippen MR) is 67.0 cm³/mol. The number of benzene rings is 1. The Balaban J connectivity index is 2.58. The maximum atomic E-state index is 11.1. The molecule has 1 aromatic carbocycles. The summed E-state index contributed by atoms with van der Waals surface area (Å²) >= 11 is 5.29. The summed E-state index contributed by atoms with van der Waals surface area (Å²) in [4.78, 5) is 15.4. The van der Waals surface area contributed by atoms with Gasteiger partial charge in [0.1, 0.15) is 5.01 Å². The van der Waals surface area contributed by atoms with Crippen LogP contribution in [0.5, 0.6) is 0 Å². The van der Waals surface area contributed by atoms with Gasteiger partial charge in [0.25, 0.3) is 0 Å². The lowest BCUT2D eigenvalue weighted by Gasteiger charge is -2.18. The van der Waals surface area contributed by atoms with Crippen molar-refractivity contribution in [3.05, 3.63) is 29.3 Å². The third kappa shape index (κ3) is 1.68. The fourth-order valence-corrected chi connectivity index (χ4v) is 2.74. The van der Waals surface area contributed by atoms with Crippen LogP contribution >= 0.6 is 24.0 Å². The molecule has 1 atom stereocenters. The molecule has 1 heterocycles. The molecule has 0 saturated heterocycles. The van der Waals surface area contributed by atoms with Crippen molar-refractivity contribution in [2.45, 2.75) is 5.54 Å². The average Bonchev–Trinajstić information content (AvgIpc) is 2.71. The minimum atomic E-state index is -1.51. The van der Waals surface area contributed by atoms with E-state index >= 15 is 0 Å². The smallest absolute Gasteiger partial charge is 0.331 e. The van der Waals surface area contributed by atoms with E-state index in [9.17, 15) is 4.79 Å². The first-order valence-electron chi connectivity index (χ1n) is 4.57. The number of carbonyl (C=O) groups is 1. The van der Waals surface area contributed by atoms with Crippen LogP contribution in [0.1, 0.15) is 5.01 Å². The quantitative estimate of drug-likeness (QED) is 0.725. The van der Waals surface area contributed by atoms with Crippen molar-refractivity contribution in [2.75, 3.05) is 5.75 Å². The van der Waals surface area contributed by atoms with E-state index < -0.39 is 11.5 Å². The number of carboxylic acid groups (broad SMARTS) is 1. The Bertz CT molecular complexity index is 507. The fourth-order valence-electron chi connectivity index (χ4n) is 1.29. The Morgan fingerprint density at radius 3 is 2.81 bits per heavy atom. The second-order valence-corrected chi connectivity index (χ2v) is 4.77. The van der Waals surface area contributed by atoms with Gasteiger partial charge in [-0.15, -0.1) is 11.3 Å². The van der Waals surface area contributed by atoms with Crippen molar-refractivity contribution >= 4 is 40.2 Å². The van der Waals surface area contributed by atoms with Crippen LogP contribution < -0.4 is 5.73 Å². The van der Waals surface area contributed by atoms with Crippen molar-refractivity contribution in [1.29, 1.82) is 0 Å². The first kappa shape index (κ1) is 11.4. The van der Waals surface area contributed by atoms with Gasteiger partial charge >= 0.3 is 5.97 Å². The first-order chi connectivity index (χ1) is 7.58. The normalized spacial score (nSPS) is 14.9. The van der Waals surface area contributed by atoms with Crippen molar-refractivity contribution in [1.82, 2.24) is 4.98 Å². The third-order valence-electron chi connectivity index (χ3n) is 2.31. The molecule has 4 nitrogen and oxygen atoms in total. The van der Waals surface area contributed by atoms with Gasteiger partial charge in [-0.2, -0.15) is 12.6 Å². The van der Waals surface area contributed by atoms with Crippen LogP contribution in [-0.4, -0.2) is 21.8 Å². The molecule has 0 fully saturated rings. The minimum Gasteiger partial charge on any atom is -0.480 e. The van der Waals surface area contributed by atoms with Crippen LogP contribution in [0, 0.1) is 0 Å². The van der Waals surface area contributed by atoms with Crippen LogP contribution in [0.25, 0.3) is 10.2 Å². The van der Waals surface area contributed by atoms with E-state index in [0.717, 1.165) is 10.2 Å². The van der Waals surface area contributed by atoms with Gasteiger partial charge in [0.05, 0.1) is 10.2 Å². The van der Waals surface area contributed by atoms with Gasteiger partial charge in [-0.25, -0.2) is 9.78 Å². The molecule has 0 spiro atoms. The van der Waals surface area contributed by atoms with E-state index in [1.807, 2.05) is 24.3 Å². The number of rotatable bonds is 3. The van der Waals surface area contributed by atoms with Gasteiger partial charge in [0, 0.05) is 5.75 Å². The minimum absolute atomic E-state index is 0.0160. The monoisotopic (exact) mass is 254 g/mol. The van der Waals surface area contributed by atoms with E-state index in [0.29, 0.717) is 5.01 Å². The fraction of sp³-hybridized carbons (Fsp3) is 0.200. The lowest BCUT2D eigenvalue weighted by atomic mass is 10.1. The Kier molecular flexibility index (Phi) is 2.88. The maximum absolute atomic E-state index is 11.1. The molecule has 1 aromatic heterocycles. The lowest BCUT2D eigenvalue weighted by Crippen LogP contribution is -2.46. The lowest BCUT2D eigenvalue weighted by molar-refractivity contribution is -0.142. The molecule has 1 unspecified atom stereocenters. The summed E-state index contributed by atoms with van der Waals surface area (Å²) in [7, 11) is 0. The third-order valence-corrected chi connectivity index (χ3v) is 4.02. The maximum Gasteiger partial charge on any atom is 0.331 e. The number of aliphatic carboxylic acids is 1. The molecule has 2 aromatic rings. The largest absolute Gasteiger partial charge is 0.480 e. The molecule has 84 valence electrons. The molecule has 0 radical (unpaired) electrons. The van der Waals surface area contributed by atoms with Crippen LogP contribution in [-0.2, 0) is 10.3 Å². The number of nitrogens with two attached hydrogens (primary N) is 1. The van der Waals surface area contributed by atoms with E-state index in [1.165, 1.54) is 11.3 Å². The molecule has 6 heteroatoms. The van der Waals surface area contributed by atoms with Gasteiger partial charge in [-0.1, -0.05) is 12.1 Å². The number of hydrogen-bond acceptors (Lipinski definition) is 5. The van der Waals surface area contributed by atoms with Crippen molar-refractivity contribution in [3.63, 3.8) is 0 Å². The molecule has 0 aliphatic heterocycles. The molecule has 0 aliphatic carbocycles. The molecule has 0 bridgehead atoms. The van der Waals surface area contributed by atoms with Gasteiger partial charge in [-0.05, 0) is 12.1 Å². The number of thiazole rings is 1. The van der Waals surface area contributed by atoms with E-state index in [1.54, 1.807) is 0 Å². The summed E-state index contributed by atoms with van der Waals surface area (Å²) in [6.07, 6.45) is 0. The predicted octanol–water partition coefficient (Wildman–Crippen LogP) is 1.46. The van der Waals surface area contributed by atoms with Gasteiger partial charge in [0.15, 0.2) is 5.54 Å². The number of nitrogens with zero attached hydrogens (tertiary/aromatic N) is 1. The first-order valence-corrected chi connectivity index (χ1v) is 6.02. The van der Waals surface area contributed by atoms with E-state index in [2.05, 4.69) is 17.6 Å². The van der Waals surface area contributed by atoms with Crippen LogP contribution in [0.2, 0.25) is 0 Å². The molecule has 0 amide bonds. The molecule has 3 N–H and O–H groups in total. The summed E-state index contributed by atoms with van der Waals surface area (Å²) < 4.78 is 0.926. The van der Waals surface area contributed by atoms with Gasteiger partial charge in [-0.3, -0.25) is 0 Å². The number of para-hydroxylation sites is 1. The number of fused-ring (bicyclic) bond motifs is 1. The van der Waals surface area contributed by atoms with Gasteiger partial charge in [0.2, 0.25) is 0 Å². The second kappa shape index (κ2) is 4.04. The Morgan fingerprint density at radius 2 is 2.25 bits per heavy atom. The second-order valence-electron chi connectivity index (χ2n) is 3.42. The van der Waals surface area contributed by atoms with Crippen molar-refractivity contribution in [2.24, 2.45) is 5.73 Å². The van der Waals surface area contributed by atoms with Crippen LogP contribution in [0.3, 0.4) is 0 Å². The van der Waals surface area contributed by atoms with E-state index in [4.69, 9.17) is 10.8 Å². The SMILES string of the molecule is NC(CS)(C(=O)O)c1nc2ccccc2s1. The summed E-state index contributed by atoms with van der Waals surface area (Å²) in [5.41, 5.74) is 5.05. The zero-order valence-electron chi connectivity index (χ0n) is 8.25. The number of hydrogen-bond donors (Lipinski definition) is 3. The van der Waals surface area contributed by atoms with Crippen molar-refractivity contribution < 1.29 is 9.90 Å².